The fourth-order valence-corrected chi connectivity index (χ4v) is 2.43. The fourth-order valence-electron chi connectivity index (χ4n) is 2.43. The number of benzene rings is 2. The van der Waals surface area contributed by atoms with E-state index in [-0.39, 0.29) is 0 Å². The first-order valence-corrected chi connectivity index (χ1v) is 7.38. The lowest BCUT2D eigenvalue weighted by Crippen LogP contribution is -2.08. The van der Waals surface area contributed by atoms with Crippen molar-refractivity contribution in [1.29, 1.82) is 0 Å². The van der Waals surface area contributed by atoms with E-state index in [4.69, 9.17) is 9.26 Å². The quantitative estimate of drug-likeness (QED) is 0.420. The van der Waals surface area contributed by atoms with Crippen LogP contribution in [0.4, 0.5) is 0 Å². The third-order valence-electron chi connectivity index (χ3n) is 3.60. The van der Waals surface area contributed by atoms with Crippen LogP contribution in [0, 0.1) is 0 Å². The summed E-state index contributed by atoms with van der Waals surface area (Å²) in [4.78, 5) is 16.0. The Morgan fingerprint density at radius 3 is 2.67 bits per heavy atom. The largest absolute Gasteiger partial charge is 0.423 e. The van der Waals surface area contributed by atoms with E-state index in [9.17, 15) is 4.79 Å². The molecule has 0 saturated heterocycles. The molecule has 2 heterocycles. The number of rotatable bonds is 3. The van der Waals surface area contributed by atoms with Gasteiger partial charge < -0.3 is 9.26 Å². The van der Waals surface area contributed by atoms with Crippen LogP contribution in [0.25, 0.3) is 22.2 Å². The Labute approximate surface area is 137 Å². The number of pyridine rings is 1. The Morgan fingerprint density at radius 1 is 1.00 bits per heavy atom. The van der Waals surface area contributed by atoms with E-state index in [1.165, 1.54) is 6.20 Å². The van der Waals surface area contributed by atoms with Gasteiger partial charge in [-0.3, -0.25) is 4.98 Å². The highest BCUT2D eigenvalue weighted by molar-refractivity contribution is 5.94. The summed E-state index contributed by atoms with van der Waals surface area (Å²) in [6.45, 7) is 0. The smallest absolute Gasteiger partial charge is 0.345 e. The van der Waals surface area contributed by atoms with Crippen molar-refractivity contribution in [2.45, 2.75) is 0 Å². The molecule has 0 aliphatic rings. The maximum atomic E-state index is 12.1. The molecular weight excluding hydrogens is 304 g/mol. The number of carbonyl (C=O) groups excluding carboxylic acids is 1. The molecule has 4 rings (SSSR count). The molecule has 0 saturated carbocycles. The number of ether oxygens (including phenoxy) is 1. The summed E-state index contributed by atoms with van der Waals surface area (Å²) in [7, 11) is 0. The van der Waals surface area contributed by atoms with Gasteiger partial charge in [0.1, 0.15) is 11.4 Å². The van der Waals surface area contributed by atoms with Crippen LogP contribution in [-0.2, 0) is 0 Å². The highest BCUT2D eigenvalue weighted by Gasteiger charge is 2.13. The number of fused-ring (bicyclic) bond motifs is 1. The molecule has 0 atom stereocenters. The summed E-state index contributed by atoms with van der Waals surface area (Å²) in [6.07, 6.45) is 3.06. The van der Waals surface area contributed by atoms with Gasteiger partial charge in [0.2, 0.25) is 0 Å². The summed E-state index contributed by atoms with van der Waals surface area (Å²) in [6, 6.07) is 18.3. The van der Waals surface area contributed by atoms with Gasteiger partial charge in [-0.05, 0) is 24.3 Å². The van der Waals surface area contributed by atoms with Crippen LogP contribution in [0.15, 0.2) is 77.6 Å². The molecule has 5 heteroatoms. The number of hydrogen-bond donors (Lipinski definition) is 0. The van der Waals surface area contributed by atoms with E-state index in [0.717, 1.165) is 16.6 Å². The normalized spacial score (nSPS) is 10.7. The minimum absolute atomic E-state index is 0.389. The van der Waals surface area contributed by atoms with Gasteiger partial charge in [-0.2, -0.15) is 0 Å². The summed E-state index contributed by atoms with van der Waals surface area (Å²) in [5.74, 6) is -0.0719. The van der Waals surface area contributed by atoms with Gasteiger partial charge in [0.05, 0.1) is 5.56 Å². The van der Waals surface area contributed by atoms with Gasteiger partial charge in [-0.15, -0.1) is 0 Å². The highest BCUT2D eigenvalue weighted by atomic mass is 16.5. The second-order valence-electron chi connectivity index (χ2n) is 5.19. The molecule has 116 valence electrons. The lowest BCUT2D eigenvalue weighted by atomic mass is 10.1. The summed E-state index contributed by atoms with van der Waals surface area (Å²) in [5, 5.41) is 4.98. The molecule has 0 aliphatic heterocycles. The molecule has 0 unspecified atom stereocenters. The number of aromatic nitrogens is 2. The Hall–Kier alpha value is -3.47. The average molecular weight is 316 g/mol. The molecule has 0 amide bonds. The standard InChI is InChI=1S/C19H12N2O3/c22-19(14-7-4-10-20-12-14)23-15-8-9-16-17(11-15)24-21-18(16)13-5-2-1-3-6-13/h1-12H. The Bertz CT molecular complexity index is 995. The van der Waals surface area contributed by atoms with Crippen LogP contribution >= 0.6 is 0 Å². The molecule has 4 aromatic rings. The molecule has 0 fully saturated rings. The molecule has 0 radical (unpaired) electrons. The molecule has 0 spiro atoms. The number of nitrogens with zero attached hydrogens (tertiary/aromatic N) is 2. The second-order valence-corrected chi connectivity index (χ2v) is 5.19. The van der Waals surface area contributed by atoms with Crippen LogP contribution < -0.4 is 4.74 Å². The summed E-state index contributed by atoms with van der Waals surface area (Å²) < 4.78 is 10.7. The zero-order valence-corrected chi connectivity index (χ0v) is 12.5. The first-order chi connectivity index (χ1) is 11.8. The minimum Gasteiger partial charge on any atom is -0.423 e. The number of carbonyl (C=O) groups is 1. The van der Waals surface area contributed by atoms with Crippen molar-refractivity contribution < 1.29 is 14.1 Å². The van der Waals surface area contributed by atoms with Gasteiger partial charge in [-0.25, -0.2) is 4.79 Å². The summed E-state index contributed by atoms with van der Waals surface area (Å²) >= 11 is 0. The number of hydrogen-bond acceptors (Lipinski definition) is 5. The molecule has 24 heavy (non-hydrogen) atoms. The maximum Gasteiger partial charge on any atom is 0.345 e. The molecular formula is C19H12N2O3. The third kappa shape index (κ3) is 2.63. The van der Waals surface area contributed by atoms with Gasteiger partial charge in [0, 0.05) is 29.4 Å². The molecule has 2 aromatic heterocycles. The van der Waals surface area contributed by atoms with Crippen molar-refractivity contribution in [3.05, 3.63) is 78.6 Å². The van der Waals surface area contributed by atoms with Crippen molar-refractivity contribution in [2.75, 3.05) is 0 Å². The van der Waals surface area contributed by atoms with Gasteiger partial charge in [-0.1, -0.05) is 35.5 Å². The third-order valence-corrected chi connectivity index (χ3v) is 3.60. The van der Waals surface area contributed by atoms with Crippen LogP contribution in [0.3, 0.4) is 0 Å². The van der Waals surface area contributed by atoms with E-state index in [1.54, 1.807) is 30.5 Å². The first-order valence-electron chi connectivity index (χ1n) is 7.38. The Kier molecular flexibility index (Phi) is 3.51. The molecule has 0 bridgehead atoms. The van der Waals surface area contributed by atoms with Crippen LogP contribution in [0.2, 0.25) is 0 Å². The topological polar surface area (TPSA) is 65.2 Å². The van der Waals surface area contributed by atoms with Crippen molar-refractivity contribution in [2.24, 2.45) is 0 Å². The van der Waals surface area contributed by atoms with Crippen LogP contribution in [0.5, 0.6) is 5.75 Å². The zero-order valence-electron chi connectivity index (χ0n) is 12.5. The maximum absolute atomic E-state index is 12.1. The van der Waals surface area contributed by atoms with Gasteiger partial charge in [0.15, 0.2) is 5.58 Å². The molecule has 0 aliphatic carbocycles. The summed E-state index contributed by atoms with van der Waals surface area (Å²) in [5.41, 5.74) is 2.68. The Balaban J connectivity index is 1.64. The van der Waals surface area contributed by atoms with Gasteiger partial charge >= 0.3 is 5.97 Å². The second kappa shape index (κ2) is 5.96. The van der Waals surface area contributed by atoms with Crippen molar-refractivity contribution in [3.8, 4) is 17.0 Å². The monoisotopic (exact) mass is 316 g/mol. The van der Waals surface area contributed by atoms with Crippen LogP contribution in [-0.4, -0.2) is 16.1 Å². The molecule has 2 aromatic carbocycles. The van der Waals surface area contributed by atoms with E-state index < -0.39 is 5.97 Å². The lowest BCUT2D eigenvalue weighted by molar-refractivity contribution is 0.0734. The van der Waals surface area contributed by atoms with E-state index in [2.05, 4.69) is 10.1 Å². The van der Waals surface area contributed by atoms with Crippen molar-refractivity contribution >= 4 is 16.9 Å². The molecule has 5 nitrogen and oxygen atoms in total. The van der Waals surface area contributed by atoms with E-state index in [0.29, 0.717) is 16.9 Å². The van der Waals surface area contributed by atoms with Gasteiger partial charge in [0.25, 0.3) is 0 Å². The number of esters is 1. The van der Waals surface area contributed by atoms with Crippen molar-refractivity contribution in [1.82, 2.24) is 10.1 Å². The van der Waals surface area contributed by atoms with Crippen molar-refractivity contribution in [3.63, 3.8) is 0 Å². The minimum atomic E-state index is -0.467. The predicted molar refractivity (Wildman–Crippen MR) is 88.6 cm³/mol. The highest BCUT2D eigenvalue weighted by Crippen LogP contribution is 2.30. The average Bonchev–Trinajstić information content (AvgIpc) is 3.06. The lowest BCUT2D eigenvalue weighted by Gasteiger charge is -2.03. The van der Waals surface area contributed by atoms with E-state index >= 15 is 0 Å². The van der Waals surface area contributed by atoms with E-state index in [1.807, 2.05) is 36.4 Å². The predicted octanol–water partition coefficient (Wildman–Crippen LogP) is 4.11. The first kappa shape index (κ1) is 14.1. The van der Waals surface area contributed by atoms with Crippen LogP contribution in [0.1, 0.15) is 10.4 Å². The zero-order chi connectivity index (χ0) is 16.4. The molecule has 0 N–H and O–H groups in total. The SMILES string of the molecule is O=C(Oc1ccc2c(-c3ccccc3)noc2c1)c1cccnc1. The fraction of sp³-hybridized carbons (Fsp3) is 0. The Morgan fingerprint density at radius 2 is 1.88 bits per heavy atom.